The maximum absolute atomic E-state index is 13.4. The lowest BCUT2D eigenvalue weighted by molar-refractivity contribution is -0.143. The quantitative estimate of drug-likeness (QED) is 0.0334. The normalized spacial score (nSPS) is 12.3. The Morgan fingerprint density at radius 2 is 1.02 bits per heavy atom. The van der Waals surface area contributed by atoms with Crippen molar-refractivity contribution in [1.29, 1.82) is 0 Å². The summed E-state index contributed by atoms with van der Waals surface area (Å²) in [7, 11) is 0. The van der Waals surface area contributed by atoms with E-state index in [2.05, 4.69) is 37.2 Å². The number of hydrogen-bond acceptors (Lipinski definition) is 9. The van der Waals surface area contributed by atoms with Crippen molar-refractivity contribution in [3.8, 4) is 0 Å². The molecule has 3 atom stereocenters. The first-order valence-corrected chi connectivity index (χ1v) is 16.5. The van der Waals surface area contributed by atoms with Gasteiger partial charge in [-0.05, 0) is 76.9 Å². The molecule has 0 heterocycles. The van der Waals surface area contributed by atoms with Crippen molar-refractivity contribution in [2.75, 3.05) is 32.8 Å². The van der Waals surface area contributed by atoms with Crippen molar-refractivity contribution in [2.45, 2.75) is 110 Å². The molecule has 6 amide bonds. The molecule has 0 spiro atoms. The Hall–Kier alpha value is -4.02. The second kappa shape index (κ2) is 26.1. The standard InChI is InChI=1S/C30H54N8O8S/c1-5-46-26(42)15-19-35-30(47)34-18-11-8-14-25(29(45)37-23(27(31)43)12-6-9-16-32-20(2)39)38-28(44)24(36-22(4)41)13-7-10-17-33-21(3)40/h23-25H,5-19H2,1-4H3,(H2,31,43)(H,32,39)(H,33,40)(H,36,41)(H,37,45)(H,38,44)(H2,34,35,47)/t23-,24-,25-/m0/s1. The van der Waals surface area contributed by atoms with Crippen molar-refractivity contribution in [3.05, 3.63) is 0 Å². The average Bonchev–Trinajstić information content (AvgIpc) is 2.98. The lowest BCUT2D eigenvalue weighted by Crippen LogP contribution is -2.56. The molecule has 16 nitrogen and oxygen atoms in total. The van der Waals surface area contributed by atoms with Crippen LogP contribution in [-0.4, -0.2) is 97.4 Å². The van der Waals surface area contributed by atoms with Gasteiger partial charge in [-0.3, -0.25) is 33.6 Å². The summed E-state index contributed by atoms with van der Waals surface area (Å²) in [5.74, 6) is -2.97. The molecule has 0 aromatic carbocycles. The van der Waals surface area contributed by atoms with Crippen LogP contribution in [0.3, 0.4) is 0 Å². The third-order valence-electron chi connectivity index (χ3n) is 6.70. The number of ether oxygens (including phenoxy) is 1. The highest BCUT2D eigenvalue weighted by Gasteiger charge is 2.28. The summed E-state index contributed by atoms with van der Waals surface area (Å²) >= 11 is 5.22. The number of esters is 1. The average molecular weight is 687 g/mol. The van der Waals surface area contributed by atoms with Crippen LogP contribution in [0.2, 0.25) is 0 Å². The monoisotopic (exact) mass is 686 g/mol. The van der Waals surface area contributed by atoms with Gasteiger partial charge in [-0.2, -0.15) is 0 Å². The van der Waals surface area contributed by atoms with Crippen molar-refractivity contribution in [3.63, 3.8) is 0 Å². The van der Waals surface area contributed by atoms with E-state index in [1.54, 1.807) is 6.92 Å². The summed E-state index contributed by atoms with van der Waals surface area (Å²) in [6.07, 6.45) is 4.15. The highest BCUT2D eigenvalue weighted by molar-refractivity contribution is 7.80. The van der Waals surface area contributed by atoms with Crippen LogP contribution in [0.1, 0.15) is 91.9 Å². The van der Waals surface area contributed by atoms with Crippen molar-refractivity contribution in [1.82, 2.24) is 37.2 Å². The van der Waals surface area contributed by atoms with Gasteiger partial charge in [0.15, 0.2) is 5.11 Å². The number of nitrogens with two attached hydrogens (primary N) is 1. The number of unbranched alkanes of at least 4 members (excludes halogenated alkanes) is 3. The minimum Gasteiger partial charge on any atom is -0.466 e. The molecule has 0 bridgehead atoms. The number of primary amides is 1. The Labute approximate surface area is 282 Å². The number of nitrogens with one attached hydrogen (secondary N) is 7. The van der Waals surface area contributed by atoms with Crippen LogP contribution >= 0.6 is 12.2 Å². The first-order valence-electron chi connectivity index (χ1n) is 16.1. The molecule has 0 aromatic heterocycles. The summed E-state index contributed by atoms with van der Waals surface area (Å²) in [6.45, 7) is 7.73. The van der Waals surface area contributed by atoms with Crippen molar-refractivity contribution < 1.29 is 38.3 Å². The van der Waals surface area contributed by atoms with Gasteiger partial charge in [0, 0.05) is 47.0 Å². The van der Waals surface area contributed by atoms with Crippen LogP contribution in [0.25, 0.3) is 0 Å². The highest BCUT2D eigenvalue weighted by Crippen LogP contribution is 2.08. The van der Waals surface area contributed by atoms with Gasteiger partial charge in [0.05, 0.1) is 13.0 Å². The van der Waals surface area contributed by atoms with Gasteiger partial charge in [-0.1, -0.05) is 0 Å². The lowest BCUT2D eigenvalue weighted by atomic mass is 10.0. The Bertz CT molecular complexity index is 1050. The molecule has 268 valence electrons. The molecule has 47 heavy (non-hydrogen) atoms. The number of thiocarbonyl (C=S) groups is 1. The zero-order chi connectivity index (χ0) is 35.6. The fourth-order valence-electron chi connectivity index (χ4n) is 4.34. The number of amides is 6. The molecular weight excluding hydrogens is 632 g/mol. The van der Waals surface area contributed by atoms with Crippen LogP contribution in [0, 0.1) is 0 Å². The molecule has 0 aromatic rings. The predicted octanol–water partition coefficient (Wildman–Crippen LogP) is -0.854. The van der Waals surface area contributed by atoms with Gasteiger partial charge in [0.25, 0.3) is 0 Å². The van der Waals surface area contributed by atoms with E-state index in [9.17, 15) is 33.6 Å². The van der Waals surface area contributed by atoms with Gasteiger partial charge < -0.3 is 47.7 Å². The molecule has 0 aliphatic carbocycles. The topological polar surface area (TPSA) is 239 Å². The van der Waals surface area contributed by atoms with E-state index in [1.165, 1.54) is 20.8 Å². The molecule has 17 heteroatoms. The maximum atomic E-state index is 13.4. The van der Waals surface area contributed by atoms with Crippen LogP contribution < -0.4 is 43.0 Å². The molecule has 0 aliphatic heterocycles. The zero-order valence-electron chi connectivity index (χ0n) is 28.1. The Morgan fingerprint density at radius 1 is 0.596 bits per heavy atom. The molecule has 0 saturated carbocycles. The third-order valence-corrected chi connectivity index (χ3v) is 6.99. The Balaban J connectivity index is 5.32. The molecule has 9 N–H and O–H groups in total. The minimum atomic E-state index is -1.03. The number of rotatable bonds is 25. The van der Waals surface area contributed by atoms with E-state index >= 15 is 0 Å². The first-order chi connectivity index (χ1) is 22.3. The lowest BCUT2D eigenvalue weighted by Gasteiger charge is -2.25. The van der Waals surface area contributed by atoms with Crippen molar-refractivity contribution >= 4 is 58.7 Å². The van der Waals surface area contributed by atoms with E-state index < -0.39 is 41.8 Å². The maximum Gasteiger partial charge on any atom is 0.307 e. The van der Waals surface area contributed by atoms with E-state index in [1.807, 2.05) is 0 Å². The largest absolute Gasteiger partial charge is 0.466 e. The zero-order valence-corrected chi connectivity index (χ0v) is 28.9. The Morgan fingerprint density at radius 3 is 1.47 bits per heavy atom. The summed E-state index contributed by atoms with van der Waals surface area (Å²) in [4.78, 5) is 84.3. The second-order valence-corrected chi connectivity index (χ2v) is 11.4. The van der Waals surface area contributed by atoms with E-state index in [4.69, 9.17) is 22.7 Å². The second-order valence-electron chi connectivity index (χ2n) is 11.0. The number of carbonyl (C=O) groups is 7. The smallest absolute Gasteiger partial charge is 0.307 e. The minimum absolute atomic E-state index is 0.167. The molecular formula is C30H54N8O8S. The molecule has 0 saturated heterocycles. The first kappa shape index (κ1) is 43.0. The summed E-state index contributed by atoms with van der Waals surface area (Å²) in [6, 6.07) is -2.94. The summed E-state index contributed by atoms with van der Waals surface area (Å²) in [5.41, 5.74) is 5.55. The van der Waals surface area contributed by atoms with Gasteiger partial charge in [-0.15, -0.1) is 0 Å². The molecule has 0 radical (unpaired) electrons. The van der Waals surface area contributed by atoms with Gasteiger partial charge >= 0.3 is 5.97 Å². The predicted molar refractivity (Wildman–Crippen MR) is 179 cm³/mol. The fraction of sp³-hybridized carbons (Fsp3) is 0.733. The number of hydrogen-bond donors (Lipinski definition) is 8. The van der Waals surface area contributed by atoms with Crippen LogP contribution in [-0.2, 0) is 38.3 Å². The van der Waals surface area contributed by atoms with Gasteiger partial charge in [0.1, 0.15) is 18.1 Å². The van der Waals surface area contributed by atoms with Gasteiger partial charge in [-0.25, -0.2) is 0 Å². The molecule has 0 rings (SSSR count). The van der Waals surface area contributed by atoms with Gasteiger partial charge in [0.2, 0.25) is 35.4 Å². The third kappa shape index (κ3) is 23.9. The van der Waals surface area contributed by atoms with Crippen LogP contribution in [0.5, 0.6) is 0 Å². The Kier molecular flexibility index (Phi) is 23.9. The molecule has 0 aliphatic rings. The number of carbonyl (C=O) groups excluding carboxylic acids is 7. The fourth-order valence-corrected chi connectivity index (χ4v) is 4.54. The SMILES string of the molecule is CCOC(=O)CCNC(=S)NCCCC[C@H](NC(=O)[C@H](CCCCNC(C)=O)NC(C)=O)C(=O)N[C@@H](CCCCNC(C)=O)C(N)=O. The molecule has 0 fully saturated rings. The van der Waals surface area contributed by atoms with Crippen LogP contribution in [0.15, 0.2) is 0 Å². The highest BCUT2D eigenvalue weighted by atomic mass is 32.1. The summed E-state index contributed by atoms with van der Waals surface area (Å²) in [5, 5.41) is 19.6. The van der Waals surface area contributed by atoms with E-state index in [-0.39, 0.29) is 43.5 Å². The van der Waals surface area contributed by atoms with Crippen LogP contribution in [0.4, 0.5) is 0 Å². The van der Waals surface area contributed by atoms with E-state index in [0.29, 0.717) is 76.4 Å². The summed E-state index contributed by atoms with van der Waals surface area (Å²) < 4.78 is 4.87. The van der Waals surface area contributed by atoms with E-state index in [0.717, 1.165) is 0 Å². The van der Waals surface area contributed by atoms with Crippen molar-refractivity contribution in [2.24, 2.45) is 5.73 Å². The molecule has 0 unspecified atom stereocenters.